The lowest BCUT2D eigenvalue weighted by molar-refractivity contribution is -0.136. The molecule has 0 aliphatic carbocycles. The quantitative estimate of drug-likeness (QED) is 0.723. The van der Waals surface area contributed by atoms with Gasteiger partial charge in [-0.15, -0.1) is 0 Å². The Kier molecular flexibility index (Phi) is 6.33. The number of carbonyl (C=O) groups is 1. The molecule has 0 radical (unpaired) electrons. The van der Waals surface area contributed by atoms with Crippen LogP contribution in [0.2, 0.25) is 0 Å². The van der Waals surface area contributed by atoms with Crippen molar-refractivity contribution in [2.45, 2.75) is 24.4 Å². The van der Waals surface area contributed by atoms with Crippen LogP contribution in [-0.2, 0) is 10.0 Å². The van der Waals surface area contributed by atoms with Crippen molar-refractivity contribution in [3.05, 3.63) is 59.4 Å². The average Bonchev–Trinajstić information content (AvgIpc) is 2.60. The Morgan fingerprint density at radius 3 is 2.39 bits per heavy atom. The number of hydrogen-bond donors (Lipinski definition) is 1. The van der Waals surface area contributed by atoms with Gasteiger partial charge < -0.3 is 4.90 Å². The Morgan fingerprint density at radius 2 is 1.79 bits per heavy atom. The summed E-state index contributed by atoms with van der Waals surface area (Å²) < 4.78 is 77.9. The van der Waals surface area contributed by atoms with Gasteiger partial charge in [0.15, 0.2) is 0 Å². The molecule has 1 N–H and O–H groups in total. The van der Waals surface area contributed by atoms with Crippen LogP contribution in [0.5, 0.6) is 0 Å². The molecular weight excluding hydrogens is 400 g/mol. The maximum absolute atomic E-state index is 13.7. The molecule has 2 aromatic rings. The monoisotopic (exact) mass is 418 g/mol. The van der Waals surface area contributed by atoms with E-state index in [0.29, 0.717) is 5.56 Å². The van der Waals surface area contributed by atoms with Crippen LogP contribution < -0.4 is 4.72 Å². The highest BCUT2D eigenvalue weighted by atomic mass is 32.2. The Morgan fingerprint density at radius 1 is 1.14 bits per heavy atom. The van der Waals surface area contributed by atoms with Crippen molar-refractivity contribution >= 4 is 21.6 Å². The van der Waals surface area contributed by atoms with Crippen LogP contribution in [0.4, 0.5) is 23.2 Å². The minimum atomic E-state index is -4.42. The van der Waals surface area contributed by atoms with E-state index in [1.807, 2.05) is 0 Å². The lowest BCUT2D eigenvalue weighted by Gasteiger charge is -2.20. The van der Waals surface area contributed by atoms with Crippen molar-refractivity contribution in [3.63, 3.8) is 0 Å². The number of halogens is 4. The number of amides is 1. The van der Waals surface area contributed by atoms with E-state index in [-0.39, 0.29) is 16.1 Å². The third-order valence-corrected chi connectivity index (χ3v) is 5.31. The van der Waals surface area contributed by atoms with E-state index in [1.54, 1.807) is 0 Å². The Balaban J connectivity index is 2.29. The largest absolute Gasteiger partial charge is 0.390 e. The van der Waals surface area contributed by atoms with Gasteiger partial charge in [-0.1, -0.05) is 18.2 Å². The normalized spacial score (nSPS) is 11.9. The van der Waals surface area contributed by atoms with Gasteiger partial charge in [-0.05, 0) is 36.8 Å². The molecule has 0 atom stereocenters. The number of anilines is 1. The molecule has 0 fully saturated rings. The van der Waals surface area contributed by atoms with Crippen LogP contribution in [0.1, 0.15) is 22.3 Å². The van der Waals surface area contributed by atoms with E-state index in [1.165, 1.54) is 44.3 Å². The molecule has 0 aliphatic rings. The van der Waals surface area contributed by atoms with Crippen LogP contribution >= 0.6 is 0 Å². The van der Waals surface area contributed by atoms with Crippen LogP contribution in [-0.4, -0.2) is 39.0 Å². The van der Waals surface area contributed by atoms with Gasteiger partial charge in [0.2, 0.25) is 0 Å². The maximum atomic E-state index is 13.7. The lowest BCUT2D eigenvalue weighted by Crippen LogP contribution is -2.31. The van der Waals surface area contributed by atoms with Crippen molar-refractivity contribution in [1.29, 1.82) is 0 Å². The molecule has 0 aliphatic heterocycles. The summed E-state index contributed by atoms with van der Waals surface area (Å²) in [6, 6.07) is 8.81. The Hall–Kier alpha value is -2.62. The van der Waals surface area contributed by atoms with Gasteiger partial charge in [-0.3, -0.25) is 9.52 Å². The Bertz CT molecular complexity index is 975. The van der Waals surface area contributed by atoms with Gasteiger partial charge in [-0.25, -0.2) is 12.8 Å². The fourth-order valence-electron chi connectivity index (χ4n) is 2.35. The first-order valence-electron chi connectivity index (χ1n) is 8.11. The van der Waals surface area contributed by atoms with Crippen LogP contribution in [0.3, 0.4) is 0 Å². The van der Waals surface area contributed by atoms with Crippen molar-refractivity contribution in [3.8, 4) is 0 Å². The van der Waals surface area contributed by atoms with Gasteiger partial charge in [0.05, 0.1) is 17.0 Å². The smallest absolute Gasteiger partial charge is 0.341 e. The van der Waals surface area contributed by atoms with E-state index in [4.69, 9.17) is 0 Å². The molecule has 28 heavy (non-hydrogen) atoms. The molecule has 2 aromatic carbocycles. The topological polar surface area (TPSA) is 66.5 Å². The molecule has 5 nitrogen and oxygen atoms in total. The van der Waals surface area contributed by atoms with Gasteiger partial charge in [-0.2, -0.15) is 13.2 Å². The van der Waals surface area contributed by atoms with Gasteiger partial charge in [0, 0.05) is 19.2 Å². The zero-order chi connectivity index (χ0) is 21.1. The van der Waals surface area contributed by atoms with Crippen molar-refractivity contribution in [2.75, 3.05) is 18.3 Å². The molecule has 2 rings (SSSR count). The van der Waals surface area contributed by atoms with Crippen molar-refractivity contribution in [1.82, 2.24) is 4.90 Å². The first-order valence-corrected chi connectivity index (χ1v) is 9.59. The molecule has 0 bridgehead atoms. The van der Waals surface area contributed by atoms with Gasteiger partial charge in [0.1, 0.15) is 5.82 Å². The number of rotatable bonds is 6. The third kappa shape index (κ3) is 5.44. The summed E-state index contributed by atoms with van der Waals surface area (Å²) in [7, 11) is -3.01. The van der Waals surface area contributed by atoms with Crippen LogP contribution in [0.25, 0.3) is 0 Å². The van der Waals surface area contributed by atoms with E-state index >= 15 is 0 Å². The number of para-hydroxylation sites is 1. The van der Waals surface area contributed by atoms with E-state index < -0.39 is 40.9 Å². The fraction of sp³-hybridized carbons (Fsp3) is 0.278. The minimum absolute atomic E-state index is 0.0546. The average molecular weight is 418 g/mol. The molecule has 0 spiro atoms. The molecule has 0 heterocycles. The summed E-state index contributed by atoms with van der Waals surface area (Å²) in [5.74, 6) is -1.52. The molecule has 0 unspecified atom stereocenters. The second-order valence-electron chi connectivity index (χ2n) is 6.15. The highest BCUT2D eigenvalue weighted by Crippen LogP contribution is 2.23. The summed E-state index contributed by atoms with van der Waals surface area (Å²) >= 11 is 0. The predicted octanol–water partition coefficient (Wildman–Crippen LogP) is 3.96. The zero-order valence-corrected chi connectivity index (χ0v) is 15.9. The van der Waals surface area contributed by atoms with Crippen molar-refractivity contribution < 1.29 is 30.8 Å². The van der Waals surface area contributed by atoms with E-state index in [2.05, 4.69) is 4.72 Å². The number of benzene rings is 2. The number of nitrogens with one attached hydrogen (secondary N) is 1. The summed E-state index contributed by atoms with van der Waals surface area (Å²) in [6.45, 7) is 0.970. The maximum Gasteiger partial charge on any atom is 0.390 e. The van der Waals surface area contributed by atoms with E-state index in [9.17, 15) is 30.8 Å². The molecule has 0 saturated carbocycles. The van der Waals surface area contributed by atoms with Gasteiger partial charge in [0.25, 0.3) is 15.9 Å². The fourth-order valence-corrected chi connectivity index (χ4v) is 3.44. The zero-order valence-electron chi connectivity index (χ0n) is 15.0. The summed E-state index contributed by atoms with van der Waals surface area (Å²) in [6.07, 6.45) is -5.60. The SMILES string of the molecule is Cc1ccc(S(=O)(=O)Nc2ccccc2F)cc1C(=O)N(C)CCC(F)(F)F. The summed E-state index contributed by atoms with van der Waals surface area (Å²) in [4.78, 5) is 13.0. The molecule has 10 heteroatoms. The number of alkyl halides is 3. The Labute approximate surface area is 160 Å². The highest BCUT2D eigenvalue weighted by molar-refractivity contribution is 7.92. The first kappa shape index (κ1) is 21.7. The van der Waals surface area contributed by atoms with Gasteiger partial charge >= 0.3 is 6.18 Å². The standard InChI is InChI=1S/C18H18F4N2O3S/c1-12-7-8-13(28(26,27)23-16-6-4-3-5-15(16)19)11-14(12)17(25)24(2)10-9-18(20,21)22/h3-8,11,23H,9-10H2,1-2H3. The summed E-state index contributed by atoms with van der Waals surface area (Å²) in [5, 5.41) is 0. The van der Waals surface area contributed by atoms with Crippen LogP contribution in [0.15, 0.2) is 47.4 Å². The third-order valence-electron chi connectivity index (χ3n) is 3.95. The molecule has 1 amide bonds. The number of hydrogen-bond acceptors (Lipinski definition) is 3. The van der Waals surface area contributed by atoms with Crippen molar-refractivity contribution in [2.24, 2.45) is 0 Å². The molecule has 0 aromatic heterocycles. The summed E-state index contributed by atoms with van der Waals surface area (Å²) in [5.41, 5.74) is 0.0769. The number of nitrogens with zero attached hydrogens (tertiary/aromatic N) is 1. The van der Waals surface area contributed by atoms with E-state index in [0.717, 1.165) is 17.0 Å². The number of sulfonamides is 1. The lowest BCUT2D eigenvalue weighted by atomic mass is 10.1. The second-order valence-corrected chi connectivity index (χ2v) is 7.84. The molecular formula is C18H18F4N2O3S. The predicted molar refractivity (Wildman–Crippen MR) is 96.0 cm³/mol. The molecule has 0 saturated heterocycles. The number of aryl methyl sites for hydroxylation is 1. The minimum Gasteiger partial charge on any atom is -0.341 e. The number of carbonyl (C=O) groups excluding carboxylic acids is 1. The first-order chi connectivity index (χ1) is 12.9. The highest BCUT2D eigenvalue weighted by Gasteiger charge is 2.29. The second kappa shape index (κ2) is 8.17. The molecule has 152 valence electrons. The van der Waals surface area contributed by atoms with Crippen LogP contribution in [0, 0.1) is 12.7 Å².